The molecule has 10 heteroatoms. The Bertz CT molecular complexity index is 1490. The van der Waals surface area contributed by atoms with Crippen molar-refractivity contribution in [3.63, 3.8) is 0 Å². The molecule has 0 unspecified atom stereocenters. The smallest absolute Gasteiger partial charge is 0.169 e. The molecule has 0 spiro atoms. The molecule has 2 heterocycles. The van der Waals surface area contributed by atoms with Gasteiger partial charge in [-0.1, -0.05) is 29.3 Å². The van der Waals surface area contributed by atoms with Crippen LogP contribution < -0.4 is 11.1 Å². The average Bonchev–Trinajstić information content (AvgIpc) is 3.65. The molecular weight excluding hydrogens is 545 g/mol. The van der Waals surface area contributed by atoms with Crippen molar-refractivity contribution >= 4 is 63.7 Å². The predicted octanol–water partition coefficient (Wildman–Crippen LogP) is 7.31. The number of hydrogen-bond donors (Lipinski definition) is 3. The first-order valence-electron chi connectivity index (χ1n) is 12.6. The summed E-state index contributed by atoms with van der Waals surface area (Å²) in [7, 11) is 0. The molecule has 4 N–H and O–H groups in total. The molecule has 6 rings (SSSR count). The van der Waals surface area contributed by atoms with Gasteiger partial charge < -0.3 is 16.2 Å². The fourth-order valence-electron chi connectivity index (χ4n) is 5.10. The lowest BCUT2D eigenvalue weighted by molar-refractivity contribution is 0.0968. The van der Waals surface area contributed by atoms with Gasteiger partial charge in [-0.2, -0.15) is 5.10 Å². The minimum Gasteiger partial charge on any atom is -0.505 e. The second-order valence-electron chi connectivity index (χ2n) is 10.1. The Kier molecular flexibility index (Phi) is 7.56. The Labute approximate surface area is 236 Å². The van der Waals surface area contributed by atoms with Crippen LogP contribution in [0.3, 0.4) is 0 Å². The zero-order valence-electron chi connectivity index (χ0n) is 20.5. The summed E-state index contributed by atoms with van der Waals surface area (Å²) in [6.45, 7) is 0. The second-order valence-corrected chi connectivity index (χ2v) is 10.9. The Hall–Kier alpha value is -2.84. The number of fused-ring (bicyclic) bond motifs is 1. The Balaban J connectivity index is 0.00000294. The third-order valence-corrected chi connectivity index (χ3v) is 7.99. The number of carbonyl (C=O) groups is 1. The van der Waals surface area contributed by atoms with Gasteiger partial charge in [-0.15, -0.1) is 12.4 Å². The van der Waals surface area contributed by atoms with Gasteiger partial charge in [-0.3, -0.25) is 14.5 Å². The number of phenolic OH excluding ortho intramolecular Hbond substituents is 1. The lowest BCUT2D eigenvalue weighted by Crippen LogP contribution is -2.27. The lowest BCUT2D eigenvalue weighted by Gasteiger charge is -2.26. The van der Waals surface area contributed by atoms with E-state index in [1.807, 2.05) is 29.1 Å². The van der Waals surface area contributed by atoms with Crippen molar-refractivity contribution in [3.05, 3.63) is 64.5 Å². The fraction of sp³-hybridized carbons (Fsp3) is 0.321. The van der Waals surface area contributed by atoms with E-state index in [1.165, 1.54) is 0 Å². The lowest BCUT2D eigenvalue weighted by atomic mass is 9.92. The van der Waals surface area contributed by atoms with Crippen LogP contribution in [-0.4, -0.2) is 31.7 Å². The minimum atomic E-state index is -0.147. The van der Waals surface area contributed by atoms with Crippen LogP contribution >= 0.6 is 35.6 Å². The topological polar surface area (TPSA) is 106 Å². The SMILES string of the molecule is Cl.NC1CCC(n2cc(Nc3c(C(=O)C4CC4)cnc4ccc(-c5cc(Cl)c(O)c(Cl)c5)cc34)cn2)CC1. The third-order valence-electron chi connectivity index (χ3n) is 7.42. The number of aromatic nitrogens is 3. The molecule has 2 aromatic carbocycles. The number of ketones is 1. The van der Waals surface area contributed by atoms with Crippen molar-refractivity contribution < 1.29 is 9.90 Å². The predicted molar refractivity (Wildman–Crippen MR) is 154 cm³/mol. The first-order valence-corrected chi connectivity index (χ1v) is 13.3. The van der Waals surface area contributed by atoms with E-state index in [-0.39, 0.29) is 45.9 Å². The monoisotopic (exact) mass is 571 g/mol. The van der Waals surface area contributed by atoms with Gasteiger partial charge in [0.1, 0.15) is 0 Å². The van der Waals surface area contributed by atoms with Gasteiger partial charge in [0.05, 0.1) is 44.7 Å². The molecule has 2 saturated carbocycles. The van der Waals surface area contributed by atoms with Crippen molar-refractivity contribution in [2.45, 2.75) is 50.6 Å². The molecule has 38 heavy (non-hydrogen) atoms. The van der Waals surface area contributed by atoms with Gasteiger partial charge in [-0.05, 0) is 73.9 Å². The summed E-state index contributed by atoms with van der Waals surface area (Å²) in [6.07, 6.45) is 11.3. The number of benzene rings is 2. The number of rotatable bonds is 6. The Morgan fingerprint density at radius 2 is 1.71 bits per heavy atom. The van der Waals surface area contributed by atoms with Crippen molar-refractivity contribution in [2.24, 2.45) is 11.7 Å². The van der Waals surface area contributed by atoms with E-state index in [9.17, 15) is 9.90 Å². The van der Waals surface area contributed by atoms with E-state index in [1.54, 1.807) is 24.5 Å². The molecule has 2 aliphatic carbocycles. The summed E-state index contributed by atoms with van der Waals surface area (Å²) in [6, 6.07) is 9.74. The molecular formula is C28H28Cl3N5O2. The largest absolute Gasteiger partial charge is 0.505 e. The first kappa shape index (κ1) is 26.8. The highest BCUT2D eigenvalue weighted by atomic mass is 35.5. The fourth-order valence-corrected chi connectivity index (χ4v) is 5.59. The maximum Gasteiger partial charge on any atom is 0.169 e. The number of carbonyl (C=O) groups excluding carboxylic acids is 1. The van der Waals surface area contributed by atoms with Gasteiger partial charge in [0, 0.05) is 29.7 Å². The van der Waals surface area contributed by atoms with E-state index >= 15 is 0 Å². The third kappa shape index (κ3) is 5.21. The van der Waals surface area contributed by atoms with Crippen molar-refractivity contribution in [1.82, 2.24) is 14.8 Å². The molecule has 0 saturated heterocycles. The van der Waals surface area contributed by atoms with Crippen LogP contribution in [0.1, 0.15) is 54.9 Å². The number of pyridine rings is 1. The summed E-state index contributed by atoms with van der Waals surface area (Å²) in [4.78, 5) is 17.9. The van der Waals surface area contributed by atoms with E-state index in [0.717, 1.165) is 66.2 Å². The molecule has 2 aliphatic rings. The molecule has 0 bridgehead atoms. The summed E-state index contributed by atoms with van der Waals surface area (Å²) in [5.74, 6) is 0.00437. The number of halogens is 3. The zero-order chi connectivity index (χ0) is 25.7. The maximum absolute atomic E-state index is 13.3. The molecule has 0 amide bonds. The quantitative estimate of drug-likeness (QED) is 0.209. The average molecular weight is 573 g/mol. The zero-order valence-corrected chi connectivity index (χ0v) is 22.9. The van der Waals surface area contributed by atoms with Crippen LogP contribution in [-0.2, 0) is 0 Å². The highest BCUT2D eigenvalue weighted by molar-refractivity contribution is 6.37. The van der Waals surface area contributed by atoms with E-state index < -0.39 is 0 Å². The van der Waals surface area contributed by atoms with Crippen molar-refractivity contribution in [2.75, 3.05) is 5.32 Å². The van der Waals surface area contributed by atoms with Crippen LogP contribution in [0.2, 0.25) is 10.0 Å². The number of nitrogens with one attached hydrogen (secondary N) is 1. The maximum atomic E-state index is 13.3. The molecule has 4 aromatic rings. The number of anilines is 2. The molecule has 0 radical (unpaired) electrons. The molecule has 198 valence electrons. The van der Waals surface area contributed by atoms with Gasteiger partial charge in [0.2, 0.25) is 0 Å². The number of nitrogens with zero attached hydrogens (tertiary/aromatic N) is 3. The van der Waals surface area contributed by atoms with E-state index in [4.69, 9.17) is 28.9 Å². The van der Waals surface area contributed by atoms with Crippen LogP contribution in [0, 0.1) is 5.92 Å². The van der Waals surface area contributed by atoms with Crippen molar-refractivity contribution in [3.8, 4) is 16.9 Å². The highest BCUT2D eigenvalue weighted by Gasteiger charge is 2.33. The molecule has 0 atom stereocenters. The van der Waals surface area contributed by atoms with Gasteiger partial charge >= 0.3 is 0 Å². The molecule has 0 aliphatic heterocycles. The van der Waals surface area contributed by atoms with E-state index in [2.05, 4.69) is 15.4 Å². The van der Waals surface area contributed by atoms with Crippen LogP contribution in [0.25, 0.3) is 22.0 Å². The Morgan fingerprint density at radius 1 is 1.00 bits per heavy atom. The number of hydrogen-bond acceptors (Lipinski definition) is 6. The molecule has 7 nitrogen and oxygen atoms in total. The van der Waals surface area contributed by atoms with Gasteiger partial charge in [0.25, 0.3) is 0 Å². The number of aromatic hydroxyl groups is 1. The number of phenols is 1. The number of Topliss-reactive ketones (excluding diaryl/α,β-unsaturated/α-hetero) is 1. The van der Waals surface area contributed by atoms with Crippen molar-refractivity contribution in [1.29, 1.82) is 0 Å². The standard InChI is InChI=1S/C28H27Cl2N5O2.ClH/c29-23-10-17(11-24(30)28(23)37)16-3-8-25-21(9-16)26(22(13-32-25)27(36)15-1-2-15)34-19-12-33-35(14-19)20-6-4-18(31)5-7-20;/h3,8-15,18,20,37H,1-2,4-7,31H2,(H,32,34);1H. The van der Waals surface area contributed by atoms with E-state index in [0.29, 0.717) is 17.3 Å². The first-order chi connectivity index (χ1) is 17.9. The second kappa shape index (κ2) is 10.7. The van der Waals surface area contributed by atoms with Gasteiger partial charge in [-0.25, -0.2) is 0 Å². The van der Waals surface area contributed by atoms with Crippen LogP contribution in [0.5, 0.6) is 5.75 Å². The summed E-state index contributed by atoms with van der Waals surface area (Å²) in [5.41, 5.74) is 10.5. The summed E-state index contributed by atoms with van der Waals surface area (Å²) in [5, 5.41) is 19.3. The normalized spacial score (nSPS) is 19.2. The highest BCUT2D eigenvalue weighted by Crippen LogP contribution is 2.40. The minimum absolute atomic E-state index is 0. The van der Waals surface area contributed by atoms with Crippen LogP contribution in [0.15, 0.2) is 48.9 Å². The van der Waals surface area contributed by atoms with Crippen LogP contribution in [0.4, 0.5) is 11.4 Å². The summed E-state index contributed by atoms with van der Waals surface area (Å²) < 4.78 is 2.01. The molecule has 2 aromatic heterocycles. The summed E-state index contributed by atoms with van der Waals surface area (Å²) >= 11 is 12.4. The number of nitrogens with two attached hydrogens (primary N) is 1. The molecule has 2 fully saturated rings. The van der Waals surface area contributed by atoms with Gasteiger partial charge in [0.15, 0.2) is 11.5 Å². The Morgan fingerprint density at radius 3 is 2.39 bits per heavy atom.